The van der Waals surface area contributed by atoms with Gasteiger partial charge in [0.15, 0.2) is 0 Å². The lowest BCUT2D eigenvalue weighted by atomic mass is 10.2. The van der Waals surface area contributed by atoms with Gasteiger partial charge in [-0.05, 0) is 55.5 Å². The summed E-state index contributed by atoms with van der Waals surface area (Å²) in [5.74, 6) is -2.70. The van der Waals surface area contributed by atoms with Gasteiger partial charge < -0.3 is 15.7 Å². The quantitative estimate of drug-likeness (QED) is 0.392. The molecule has 2 amide bonds. The maximum Gasteiger partial charge on any atom is 0.335 e. The Morgan fingerprint density at radius 2 is 1.75 bits per heavy atom. The van der Waals surface area contributed by atoms with Crippen LogP contribution in [0.4, 0.5) is 15.8 Å². The Morgan fingerprint density at radius 3 is 2.47 bits per heavy atom. The minimum atomic E-state index is -1.13. The number of benzene rings is 3. The summed E-state index contributed by atoms with van der Waals surface area (Å²) in [6.45, 7) is 1.68. The number of aromatic carboxylic acids is 1. The Kier molecular flexibility index (Phi) is 7.50. The Morgan fingerprint density at radius 1 is 1.00 bits per heavy atom. The zero-order valence-electron chi connectivity index (χ0n) is 16.8. The fourth-order valence-electron chi connectivity index (χ4n) is 2.74. The van der Waals surface area contributed by atoms with Crippen molar-refractivity contribution in [2.24, 2.45) is 0 Å². The fraction of sp³-hybridized carbons (Fsp3) is 0.0870. The zero-order valence-corrected chi connectivity index (χ0v) is 18.3. The molecule has 0 radical (unpaired) electrons. The number of hydrogen-bond acceptors (Lipinski definition) is 4. The van der Waals surface area contributed by atoms with Crippen molar-refractivity contribution in [1.82, 2.24) is 0 Å². The lowest BCUT2D eigenvalue weighted by Crippen LogP contribution is -2.22. The molecule has 6 nitrogen and oxygen atoms in total. The highest BCUT2D eigenvalue weighted by molar-refractivity contribution is 8.00. The second kappa shape index (κ2) is 10.3. The predicted molar refractivity (Wildman–Crippen MR) is 123 cm³/mol. The van der Waals surface area contributed by atoms with Crippen molar-refractivity contribution in [3.05, 3.63) is 88.7 Å². The van der Waals surface area contributed by atoms with E-state index >= 15 is 0 Å². The van der Waals surface area contributed by atoms with E-state index < -0.39 is 22.9 Å². The summed E-state index contributed by atoms with van der Waals surface area (Å²) in [6, 6.07) is 16.5. The van der Waals surface area contributed by atoms with Crippen LogP contribution in [0.25, 0.3) is 0 Å². The van der Waals surface area contributed by atoms with Crippen LogP contribution in [-0.4, -0.2) is 28.1 Å². The van der Waals surface area contributed by atoms with E-state index in [1.54, 1.807) is 37.3 Å². The van der Waals surface area contributed by atoms with E-state index in [-0.39, 0.29) is 27.7 Å². The molecule has 0 aliphatic heterocycles. The van der Waals surface area contributed by atoms with Gasteiger partial charge in [0.1, 0.15) is 5.82 Å². The van der Waals surface area contributed by atoms with Crippen LogP contribution in [0.3, 0.4) is 0 Å². The van der Waals surface area contributed by atoms with Crippen LogP contribution in [0, 0.1) is 5.82 Å². The summed E-state index contributed by atoms with van der Waals surface area (Å²) in [4.78, 5) is 36.7. The first-order chi connectivity index (χ1) is 15.2. The van der Waals surface area contributed by atoms with Gasteiger partial charge in [0.05, 0.1) is 27.1 Å². The standard InChI is InChI=1S/C23H18ClFN2O4S/c1-13(21(28)27-20-11-14(23(30)31)9-10-18(20)24)32-16-6-4-5-15(12-16)26-22(29)17-7-2-3-8-19(17)25/h2-13H,1H3,(H,26,29)(H,27,28)(H,30,31). The molecule has 0 aromatic heterocycles. The molecule has 164 valence electrons. The van der Waals surface area contributed by atoms with Crippen molar-refractivity contribution in [3.8, 4) is 0 Å². The third-order valence-electron chi connectivity index (χ3n) is 4.36. The molecule has 0 saturated heterocycles. The summed E-state index contributed by atoms with van der Waals surface area (Å²) >= 11 is 7.29. The summed E-state index contributed by atoms with van der Waals surface area (Å²) in [6.07, 6.45) is 0. The van der Waals surface area contributed by atoms with Crippen LogP contribution in [0.5, 0.6) is 0 Å². The Bertz CT molecular complexity index is 1190. The first-order valence-electron chi connectivity index (χ1n) is 9.41. The average Bonchev–Trinajstić information content (AvgIpc) is 2.75. The summed E-state index contributed by atoms with van der Waals surface area (Å²) in [5.41, 5.74) is 0.588. The normalized spacial score (nSPS) is 11.5. The van der Waals surface area contributed by atoms with Crippen molar-refractivity contribution in [2.45, 2.75) is 17.1 Å². The number of anilines is 2. The third kappa shape index (κ3) is 5.87. The van der Waals surface area contributed by atoms with Gasteiger partial charge in [-0.2, -0.15) is 0 Å². The molecule has 3 N–H and O–H groups in total. The van der Waals surface area contributed by atoms with Crippen molar-refractivity contribution >= 4 is 52.5 Å². The topological polar surface area (TPSA) is 95.5 Å². The van der Waals surface area contributed by atoms with Crippen molar-refractivity contribution in [2.75, 3.05) is 10.6 Å². The van der Waals surface area contributed by atoms with Gasteiger partial charge in [-0.25, -0.2) is 9.18 Å². The van der Waals surface area contributed by atoms with Gasteiger partial charge >= 0.3 is 5.97 Å². The Hall–Kier alpha value is -3.36. The Labute approximate surface area is 192 Å². The number of carboxylic acid groups (broad SMARTS) is 1. The van der Waals surface area contributed by atoms with Crippen LogP contribution in [0.2, 0.25) is 5.02 Å². The monoisotopic (exact) mass is 472 g/mol. The number of carbonyl (C=O) groups is 3. The minimum Gasteiger partial charge on any atom is -0.478 e. The smallest absolute Gasteiger partial charge is 0.335 e. The highest BCUT2D eigenvalue weighted by Crippen LogP contribution is 2.29. The van der Waals surface area contributed by atoms with Crippen molar-refractivity contribution < 1.29 is 23.9 Å². The molecule has 1 unspecified atom stereocenters. The maximum atomic E-state index is 13.8. The first kappa shape index (κ1) is 23.3. The molecular formula is C23H18ClFN2O4S. The maximum absolute atomic E-state index is 13.8. The number of amides is 2. The van der Waals surface area contributed by atoms with E-state index in [4.69, 9.17) is 16.7 Å². The van der Waals surface area contributed by atoms with Crippen LogP contribution >= 0.6 is 23.4 Å². The van der Waals surface area contributed by atoms with E-state index in [0.717, 1.165) is 0 Å². The highest BCUT2D eigenvalue weighted by atomic mass is 35.5. The largest absolute Gasteiger partial charge is 0.478 e. The fourth-order valence-corrected chi connectivity index (χ4v) is 3.83. The second-order valence-corrected chi connectivity index (χ2v) is 8.53. The minimum absolute atomic E-state index is 0.00306. The van der Waals surface area contributed by atoms with E-state index in [2.05, 4.69) is 10.6 Å². The van der Waals surface area contributed by atoms with Crippen molar-refractivity contribution in [1.29, 1.82) is 0 Å². The molecule has 3 aromatic carbocycles. The zero-order chi connectivity index (χ0) is 23.3. The van der Waals surface area contributed by atoms with E-state index in [0.29, 0.717) is 10.6 Å². The van der Waals surface area contributed by atoms with Gasteiger partial charge in [-0.3, -0.25) is 9.59 Å². The second-order valence-electron chi connectivity index (χ2n) is 6.71. The van der Waals surface area contributed by atoms with Gasteiger partial charge in [-0.1, -0.05) is 29.8 Å². The predicted octanol–water partition coefficient (Wildman–Crippen LogP) is 5.55. The van der Waals surface area contributed by atoms with Crippen LogP contribution < -0.4 is 10.6 Å². The number of rotatable bonds is 7. The highest BCUT2D eigenvalue weighted by Gasteiger charge is 2.18. The van der Waals surface area contributed by atoms with Crippen molar-refractivity contribution in [3.63, 3.8) is 0 Å². The number of hydrogen-bond donors (Lipinski definition) is 3. The molecule has 0 aliphatic carbocycles. The molecule has 32 heavy (non-hydrogen) atoms. The number of nitrogens with one attached hydrogen (secondary N) is 2. The van der Waals surface area contributed by atoms with Gasteiger partial charge in [0, 0.05) is 10.6 Å². The van der Waals surface area contributed by atoms with Crippen LogP contribution in [-0.2, 0) is 4.79 Å². The SMILES string of the molecule is CC(Sc1cccc(NC(=O)c2ccccc2F)c1)C(=O)Nc1cc(C(=O)O)ccc1Cl. The molecule has 3 rings (SSSR count). The van der Waals surface area contributed by atoms with Gasteiger partial charge in [0.25, 0.3) is 5.91 Å². The molecule has 0 bridgehead atoms. The molecule has 0 spiro atoms. The lowest BCUT2D eigenvalue weighted by Gasteiger charge is -2.14. The third-order valence-corrected chi connectivity index (χ3v) is 5.79. The molecule has 1 atom stereocenters. The number of thioether (sulfide) groups is 1. The lowest BCUT2D eigenvalue weighted by molar-refractivity contribution is -0.115. The van der Waals surface area contributed by atoms with E-state index in [9.17, 15) is 18.8 Å². The number of carboxylic acids is 1. The number of halogens is 2. The molecular weight excluding hydrogens is 455 g/mol. The number of carbonyl (C=O) groups excluding carboxylic acids is 2. The molecule has 3 aromatic rings. The molecule has 0 saturated carbocycles. The molecule has 0 heterocycles. The Balaban J connectivity index is 1.67. The van der Waals surface area contributed by atoms with Gasteiger partial charge in [-0.15, -0.1) is 11.8 Å². The summed E-state index contributed by atoms with van der Waals surface area (Å²) in [7, 11) is 0. The molecule has 0 fully saturated rings. The van der Waals surface area contributed by atoms with Crippen LogP contribution in [0.1, 0.15) is 27.6 Å². The average molecular weight is 473 g/mol. The van der Waals surface area contributed by atoms with E-state index in [1.165, 1.54) is 48.2 Å². The summed E-state index contributed by atoms with van der Waals surface area (Å²) in [5, 5.41) is 14.0. The first-order valence-corrected chi connectivity index (χ1v) is 10.7. The van der Waals surface area contributed by atoms with Gasteiger partial charge in [0.2, 0.25) is 5.91 Å². The molecule has 0 aliphatic rings. The summed E-state index contributed by atoms with van der Waals surface area (Å²) < 4.78 is 13.8. The van der Waals surface area contributed by atoms with Crippen LogP contribution in [0.15, 0.2) is 71.6 Å². The molecule has 9 heteroatoms. The van der Waals surface area contributed by atoms with E-state index in [1.807, 2.05) is 0 Å².